The second kappa shape index (κ2) is 5.95. The predicted molar refractivity (Wildman–Crippen MR) is 74.5 cm³/mol. The Balaban J connectivity index is 2.07. The molecule has 4 heteroatoms. The second-order valence-corrected chi connectivity index (χ2v) is 4.73. The van der Waals surface area contributed by atoms with E-state index in [1.54, 1.807) is 43.3 Å². The maximum absolute atomic E-state index is 9.45. The lowest BCUT2D eigenvalue weighted by molar-refractivity contribution is 0.199. The van der Waals surface area contributed by atoms with E-state index in [1.165, 1.54) is 0 Å². The first-order chi connectivity index (χ1) is 9.06. The number of aliphatic hydroxyl groups excluding tert-OH is 1. The molecule has 0 aliphatic rings. The molecule has 0 radical (unpaired) electrons. The summed E-state index contributed by atoms with van der Waals surface area (Å²) < 4.78 is 5.59. The van der Waals surface area contributed by atoms with Gasteiger partial charge in [0.2, 0.25) is 0 Å². The minimum atomic E-state index is -0.558. The number of benzene rings is 2. The number of rotatable bonds is 4. The van der Waals surface area contributed by atoms with Crippen molar-refractivity contribution in [2.75, 3.05) is 0 Å². The highest BCUT2D eigenvalue weighted by Gasteiger charge is 2.07. The standard InChI is InChI=1S/C15H15ClO3/c1-10(17)12-5-6-15(14(16)8-12)19-9-11-3-2-4-13(18)7-11/h2-8,10,17-18H,9H2,1H3/t10-/m1/s1. The number of hydrogen-bond donors (Lipinski definition) is 2. The Hall–Kier alpha value is -1.71. The molecule has 2 N–H and O–H groups in total. The van der Waals surface area contributed by atoms with E-state index in [1.807, 2.05) is 6.07 Å². The molecule has 0 spiro atoms. The zero-order valence-corrected chi connectivity index (χ0v) is 11.3. The molecule has 19 heavy (non-hydrogen) atoms. The molecule has 0 aliphatic heterocycles. The van der Waals surface area contributed by atoms with Crippen LogP contribution in [0.1, 0.15) is 24.2 Å². The van der Waals surface area contributed by atoms with Crippen molar-refractivity contribution in [1.29, 1.82) is 0 Å². The molecule has 1 atom stereocenters. The number of halogens is 1. The Morgan fingerprint density at radius 2 is 2.00 bits per heavy atom. The quantitative estimate of drug-likeness (QED) is 0.897. The normalized spacial score (nSPS) is 12.2. The van der Waals surface area contributed by atoms with Gasteiger partial charge in [-0.3, -0.25) is 0 Å². The molecule has 2 aromatic rings. The third-order valence-electron chi connectivity index (χ3n) is 2.74. The molecule has 2 aromatic carbocycles. The van der Waals surface area contributed by atoms with Gasteiger partial charge in [0.25, 0.3) is 0 Å². The molecule has 0 unspecified atom stereocenters. The van der Waals surface area contributed by atoms with Gasteiger partial charge >= 0.3 is 0 Å². The van der Waals surface area contributed by atoms with Crippen molar-refractivity contribution in [3.8, 4) is 11.5 Å². The summed E-state index contributed by atoms with van der Waals surface area (Å²) in [5.41, 5.74) is 1.60. The number of aromatic hydroxyl groups is 1. The first-order valence-corrected chi connectivity index (χ1v) is 6.32. The maximum Gasteiger partial charge on any atom is 0.138 e. The minimum Gasteiger partial charge on any atom is -0.508 e. The van der Waals surface area contributed by atoms with Crippen LogP contribution in [0.4, 0.5) is 0 Å². The average Bonchev–Trinajstić information content (AvgIpc) is 2.37. The summed E-state index contributed by atoms with van der Waals surface area (Å²) in [6.45, 7) is 2.00. The first-order valence-electron chi connectivity index (χ1n) is 5.94. The van der Waals surface area contributed by atoms with E-state index < -0.39 is 6.10 Å². The third-order valence-corrected chi connectivity index (χ3v) is 3.04. The van der Waals surface area contributed by atoms with Gasteiger partial charge in [-0.2, -0.15) is 0 Å². The lowest BCUT2D eigenvalue weighted by atomic mass is 10.1. The van der Waals surface area contributed by atoms with Gasteiger partial charge in [-0.05, 0) is 42.3 Å². The van der Waals surface area contributed by atoms with Gasteiger partial charge in [0.1, 0.15) is 18.1 Å². The Kier molecular flexibility index (Phi) is 4.30. The van der Waals surface area contributed by atoms with Crippen molar-refractivity contribution in [1.82, 2.24) is 0 Å². The van der Waals surface area contributed by atoms with Crippen molar-refractivity contribution in [2.24, 2.45) is 0 Å². The Morgan fingerprint density at radius 1 is 1.21 bits per heavy atom. The molecule has 0 saturated carbocycles. The summed E-state index contributed by atoms with van der Waals surface area (Å²) in [5.74, 6) is 0.756. The average molecular weight is 279 g/mol. The van der Waals surface area contributed by atoms with Crippen LogP contribution in [0.25, 0.3) is 0 Å². The van der Waals surface area contributed by atoms with Crippen LogP contribution in [0.15, 0.2) is 42.5 Å². The summed E-state index contributed by atoms with van der Waals surface area (Å²) in [5, 5.41) is 19.3. The van der Waals surface area contributed by atoms with Crippen LogP contribution >= 0.6 is 11.6 Å². The topological polar surface area (TPSA) is 49.7 Å². The van der Waals surface area contributed by atoms with Crippen LogP contribution in [-0.4, -0.2) is 10.2 Å². The number of phenols is 1. The van der Waals surface area contributed by atoms with E-state index in [2.05, 4.69) is 0 Å². The van der Waals surface area contributed by atoms with E-state index in [4.69, 9.17) is 16.3 Å². The van der Waals surface area contributed by atoms with Crippen LogP contribution < -0.4 is 4.74 Å². The lowest BCUT2D eigenvalue weighted by Crippen LogP contribution is -1.97. The monoisotopic (exact) mass is 278 g/mol. The van der Waals surface area contributed by atoms with Gasteiger partial charge < -0.3 is 14.9 Å². The molecule has 2 rings (SSSR count). The van der Waals surface area contributed by atoms with Gasteiger partial charge in [0.15, 0.2) is 0 Å². The minimum absolute atomic E-state index is 0.205. The van der Waals surface area contributed by atoms with Gasteiger partial charge in [0, 0.05) is 0 Å². The summed E-state index contributed by atoms with van der Waals surface area (Å²) in [6.07, 6.45) is -0.558. The fourth-order valence-corrected chi connectivity index (χ4v) is 1.94. The van der Waals surface area contributed by atoms with Gasteiger partial charge in [-0.25, -0.2) is 0 Å². The van der Waals surface area contributed by atoms with Gasteiger partial charge in [0.05, 0.1) is 11.1 Å². The van der Waals surface area contributed by atoms with Crippen LogP contribution in [0.3, 0.4) is 0 Å². The highest BCUT2D eigenvalue weighted by molar-refractivity contribution is 6.32. The van der Waals surface area contributed by atoms with E-state index in [-0.39, 0.29) is 5.75 Å². The predicted octanol–water partition coefficient (Wildman–Crippen LogP) is 3.68. The zero-order chi connectivity index (χ0) is 13.8. The molecular weight excluding hydrogens is 264 g/mol. The third kappa shape index (κ3) is 3.63. The fraction of sp³-hybridized carbons (Fsp3) is 0.200. The molecule has 0 aliphatic carbocycles. The number of phenolic OH excluding ortho intramolecular Hbond substituents is 1. The van der Waals surface area contributed by atoms with E-state index in [9.17, 15) is 10.2 Å². The highest BCUT2D eigenvalue weighted by atomic mass is 35.5. The lowest BCUT2D eigenvalue weighted by Gasteiger charge is -2.11. The fourth-order valence-electron chi connectivity index (χ4n) is 1.70. The van der Waals surface area contributed by atoms with Gasteiger partial charge in [-0.15, -0.1) is 0 Å². The Morgan fingerprint density at radius 3 is 2.63 bits per heavy atom. The molecule has 3 nitrogen and oxygen atoms in total. The van der Waals surface area contributed by atoms with E-state index in [0.717, 1.165) is 11.1 Å². The SMILES string of the molecule is C[C@@H](O)c1ccc(OCc2cccc(O)c2)c(Cl)c1. The molecule has 0 amide bonds. The van der Waals surface area contributed by atoms with E-state index >= 15 is 0 Å². The highest BCUT2D eigenvalue weighted by Crippen LogP contribution is 2.28. The maximum atomic E-state index is 9.45. The molecule has 0 saturated heterocycles. The van der Waals surface area contributed by atoms with Crippen molar-refractivity contribution in [2.45, 2.75) is 19.6 Å². The molecular formula is C15H15ClO3. The van der Waals surface area contributed by atoms with Crippen LogP contribution in [0.2, 0.25) is 5.02 Å². The Bertz CT molecular complexity index is 567. The second-order valence-electron chi connectivity index (χ2n) is 4.32. The molecule has 0 aromatic heterocycles. The molecule has 0 bridgehead atoms. The molecule has 0 heterocycles. The van der Waals surface area contributed by atoms with Crippen molar-refractivity contribution in [3.05, 3.63) is 58.6 Å². The molecule has 100 valence electrons. The smallest absolute Gasteiger partial charge is 0.138 e. The Labute approximate surface area is 117 Å². The largest absolute Gasteiger partial charge is 0.508 e. The summed E-state index contributed by atoms with van der Waals surface area (Å²) >= 11 is 6.09. The summed E-state index contributed by atoms with van der Waals surface area (Å²) in [4.78, 5) is 0. The number of ether oxygens (including phenoxy) is 1. The number of hydrogen-bond acceptors (Lipinski definition) is 3. The van der Waals surface area contributed by atoms with E-state index in [0.29, 0.717) is 17.4 Å². The summed E-state index contributed by atoms with van der Waals surface area (Å²) in [6, 6.07) is 12.0. The van der Waals surface area contributed by atoms with Crippen molar-refractivity contribution >= 4 is 11.6 Å². The van der Waals surface area contributed by atoms with Gasteiger partial charge in [-0.1, -0.05) is 29.8 Å². The number of aliphatic hydroxyl groups is 1. The van der Waals surface area contributed by atoms with Crippen LogP contribution in [-0.2, 0) is 6.61 Å². The van der Waals surface area contributed by atoms with Crippen LogP contribution in [0.5, 0.6) is 11.5 Å². The first kappa shape index (κ1) is 13.7. The summed E-state index contributed by atoms with van der Waals surface area (Å²) in [7, 11) is 0. The molecule has 0 fully saturated rings. The van der Waals surface area contributed by atoms with Crippen molar-refractivity contribution in [3.63, 3.8) is 0 Å². The van der Waals surface area contributed by atoms with Crippen molar-refractivity contribution < 1.29 is 14.9 Å². The zero-order valence-electron chi connectivity index (χ0n) is 10.5. The van der Waals surface area contributed by atoms with Crippen LogP contribution in [0, 0.1) is 0 Å².